The number of hydrogen-bond acceptors (Lipinski definition) is 5. The fourth-order valence-corrected chi connectivity index (χ4v) is 1.72. The van der Waals surface area contributed by atoms with Gasteiger partial charge in [0.1, 0.15) is 5.82 Å². The standard InChI is InChI=1S/C10H10Cl2N4O/c1-6-15-9(17-16-6)2-3-13-10-8(12)4-7(11)5-14-10/h4-5H,2-3H2,1H3,(H,13,14). The SMILES string of the molecule is Cc1noc(CCNc2ncc(Cl)cc2Cl)n1. The van der Waals surface area contributed by atoms with E-state index in [0.717, 1.165) is 0 Å². The van der Waals surface area contributed by atoms with Gasteiger partial charge in [-0.2, -0.15) is 4.98 Å². The van der Waals surface area contributed by atoms with Gasteiger partial charge in [-0.15, -0.1) is 0 Å². The fraction of sp³-hybridized carbons (Fsp3) is 0.300. The van der Waals surface area contributed by atoms with Gasteiger partial charge < -0.3 is 9.84 Å². The maximum Gasteiger partial charge on any atom is 0.228 e. The zero-order valence-corrected chi connectivity index (χ0v) is 10.6. The number of aromatic nitrogens is 3. The van der Waals surface area contributed by atoms with Crippen LogP contribution < -0.4 is 5.32 Å². The smallest absolute Gasteiger partial charge is 0.228 e. The normalized spacial score (nSPS) is 10.5. The minimum Gasteiger partial charge on any atom is -0.368 e. The van der Waals surface area contributed by atoms with Crippen molar-refractivity contribution in [3.8, 4) is 0 Å². The highest BCUT2D eigenvalue weighted by Gasteiger charge is 2.05. The van der Waals surface area contributed by atoms with E-state index >= 15 is 0 Å². The maximum atomic E-state index is 5.95. The van der Waals surface area contributed by atoms with Crippen LogP contribution in [0.4, 0.5) is 5.82 Å². The summed E-state index contributed by atoms with van der Waals surface area (Å²) in [5.74, 6) is 1.80. The van der Waals surface area contributed by atoms with Crippen molar-refractivity contribution in [1.29, 1.82) is 0 Å². The Labute approximate surface area is 108 Å². The molecule has 0 aliphatic heterocycles. The number of rotatable bonds is 4. The van der Waals surface area contributed by atoms with E-state index in [1.807, 2.05) is 0 Å². The zero-order valence-electron chi connectivity index (χ0n) is 9.07. The van der Waals surface area contributed by atoms with E-state index in [2.05, 4.69) is 20.4 Å². The number of pyridine rings is 1. The van der Waals surface area contributed by atoms with Crippen molar-refractivity contribution in [2.24, 2.45) is 0 Å². The molecule has 0 fully saturated rings. The molecule has 0 amide bonds. The Hall–Kier alpha value is -1.33. The second-order valence-corrected chi connectivity index (χ2v) is 4.24. The topological polar surface area (TPSA) is 63.8 Å². The van der Waals surface area contributed by atoms with Crippen LogP contribution in [0.15, 0.2) is 16.8 Å². The molecule has 2 aromatic rings. The molecule has 0 saturated carbocycles. The lowest BCUT2D eigenvalue weighted by molar-refractivity contribution is 0.377. The molecule has 2 aromatic heterocycles. The lowest BCUT2D eigenvalue weighted by Gasteiger charge is -2.05. The predicted molar refractivity (Wildman–Crippen MR) is 65.5 cm³/mol. The van der Waals surface area contributed by atoms with Crippen molar-refractivity contribution in [2.45, 2.75) is 13.3 Å². The molecule has 1 N–H and O–H groups in total. The quantitative estimate of drug-likeness (QED) is 0.927. The van der Waals surface area contributed by atoms with Gasteiger partial charge in [0.2, 0.25) is 5.89 Å². The molecular weight excluding hydrogens is 263 g/mol. The molecule has 5 nitrogen and oxygen atoms in total. The lowest BCUT2D eigenvalue weighted by Crippen LogP contribution is -2.06. The van der Waals surface area contributed by atoms with Crippen LogP contribution in [0.1, 0.15) is 11.7 Å². The van der Waals surface area contributed by atoms with Crippen LogP contribution >= 0.6 is 23.2 Å². The van der Waals surface area contributed by atoms with Crippen LogP contribution in [0.2, 0.25) is 10.0 Å². The van der Waals surface area contributed by atoms with Gasteiger partial charge in [0.05, 0.1) is 10.0 Å². The number of aryl methyl sites for hydroxylation is 1. The van der Waals surface area contributed by atoms with Crippen LogP contribution in [0.25, 0.3) is 0 Å². The van der Waals surface area contributed by atoms with Crippen LogP contribution in [0.3, 0.4) is 0 Å². The predicted octanol–water partition coefficient (Wildman–Crippen LogP) is 2.73. The van der Waals surface area contributed by atoms with Gasteiger partial charge in [-0.25, -0.2) is 4.98 Å². The Bertz CT molecular complexity index is 515. The first-order valence-electron chi connectivity index (χ1n) is 4.99. The van der Waals surface area contributed by atoms with E-state index < -0.39 is 0 Å². The van der Waals surface area contributed by atoms with Crippen molar-refractivity contribution in [2.75, 3.05) is 11.9 Å². The van der Waals surface area contributed by atoms with Gasteiger partial charge in [-0.3, -0.25) is 0 Å². The first-order valence-corrected chi connectivity index (χ1v) is 5.75. The number of nitrogens with zero attached hydrogens (tertiary/aromatic N) is 3. The molecule has 7 heteroatoms. The van der Waals surface area contributed by atoms with Gasteiger partial charge in [0.25, 0.3) is 0 Å². The van der Waals surface area contributed by atoms with Crippen molar-refractivity contribution in [3.63, 3.8) is 0 Å². The van der Waals surface area contributed by atoms with E-state index in [1.54, 1.807) is 13.0 Å². The third-order valence-electron chi connectivity index (χ3n) is 2.01. The summed E-state index contributed by atoms with van der Waals surface area (Å²) in [7, 11) is 0. The first kappa shape index (κ1) is 12.1. The third kappa shape index (κ3) is 3.31. The Kier molecular flexibility index (Phi) is 3.81. The molecule has 90 valence electrons. The summed E-state index contributed by atoms with van der Waals surface area (Å²) < 4.78 is 4.98. The van der Waals surface area contributed by atoms with Gasteiger partial charge in [0.15, 0.2) is 5.82 Å². The molecule has 2 heterocycles. The highest BCUT2D eigenvalue weighted by Crippen LogP contribution is 2.22. The Morgan fingerprint density at radius 2 is 2.24 bits per heavy atom. The second-order valence-electron chi connectivity index (χ2n) is 3.40. The monoisotopic (exact) mass is 272 g/mol. The number of anilines is 1. The van der Waals surface area contributed by atoms with E-state index in [0.29, 0.717) is 40.5 Å². The molecule has 0 atom stereocenters. The van der Waals surface area contributed by atoms with Crippen LogP contribution in [-0.2, 0) is 6.42 Å². The average Bonchev–Trinajstić information content (AvgIpc) is 2.68. The summed E-state index contributed by atoms with van der Waals surface area (Å²) in [6, 6.07) is 1.63. The van der Waals surface area contributed by atoms with Crippen LogP contribution in [0, 0.1) is 6.92 Å². The van der Waals surface area contributed by atoms with Crippen molar-refractivity contribution >= 4 is 29.0 Å². The molecule has 0 aliphatic rings. The minimum absolute atomic E-state index is 0.485. The molecule has 0 bridgehead atoms. The molecular formula is C10H10Cl2N4O. The summed E-state index contributed by atoms with van der Waals surface area (Å²) in [6.07, 6.45) is 2.15. The van der Waals surface area contributed by atoms with Crippen molar-refractivity contribution in [3.05, 3.63) is 34.0 Å². The number of nitrogens with one attached hydrogen (secondary N) is 1. The summed E-state index contributed by atoms with van der Waals surface area (Å²) in [4.78, 5) is 8.16. The molecule has 0 aromatic carbocycles. The number of halogens is 2. The highest BCUT2D eigenvalue weighted by atomic mass is 35.5. The molecule has 0 saturated heterocycles. The third-order valence-corrected chi connectivity index (χ3v) is 2.50. The molecule has 2 rings (SSSR count). The van der Waals surface area contributed by atoms with Crippen molar-refractivity contribution < 1.29 is 4.52 Å². The van der Waals surface area contributed by atoms with Crippen LogP contribution in [-0.4, -0.2) is 21.7 Å². The number of hydrogen-bond donors (Lipinski definition) is 1. The molecule has 17 heavy (non-hydrogen) atoms. The van der Waals surface area contributed by atoms with Crippen LogP contribution in [0.5, 0.6) is 0 Å². The molecule has 0 radical (unpaired) electrons. The molecule has 0 unspecified atom stereocenters. The summed E-state index contributed by atoms with van der Waals surface area (Å²) in [5, 5.41) is 7.76. The van der Waals surface area contributed by atoms with Gasteiger partial charge in [-0.05, 0) is 13.0 Å². The maximum absolute atomic E-state index is 5.95. The minimum atomic E-state index is 0.485. The van der Waals surface area contributed by atoms with E-state index in [1.165, 1.54) is 6.20 Å². The fourth-order valence-electron chi connectivity index (χ4n) is 1.27. The van der Waals surface area contributed by atoms with E-state index in [9.17, 15) is 0 Å². The summed E-state index contributed by atoms with van der Waals surface area (Å²) >= 11 is 11.7. The molecule has 0 aliphatic carbocycles. The largest absolute Gasteiger partial charge is 0.368 e. The second kappa shape index (κ2) is 5.33. The Morgan fingerprint density at radius 1 is 1.41 bits per heavy atom. The van der Waals surface area contributed by atoms with Gasteiger partial charge in [-0.1, -0.05) is 28.4 Å². The first-order chi connectivity index (χ1) is 8.15. The molecule has 0 spiro atoms. The summed E-state index contributed by atoms with van der Waals surface area (Å²) in [5.41, 5.74) is 0. The highest BCUT2D eigenvalue weighted by molar-refractivity contribution is 6.35. The van der Waals surface area contributed by atoms with Gasteiger partial charge in [0, 0.05) is 19.2 Å². The van der Waals surface area contributed by atoms with Crippen molar-refractivity contribution in [1.82, 2.24) is 15.1 Å². The Morgan fingerprint density at radius 3 is 2.88 bits per heavy atom. The van der Waals surface area contributed by atoms with E-state index in [-0.39, 0.29) is 0 Å². The summed E-state index contributed by atoms with van der Waals surface area (Å²) in [6.45, 7) is 2.38. The van der Waals surface area contributed by atoms with Gasteiger partial charge >= 0.3 is 0 Å². The lowest BCUT2D eigenvalue weighted by atomic mass is 10.4. The zero-order chi connectivity index (χ0) is 12.3. The average molecular weight is 273 g/mol. The van der Waals surface area contributed by atoms with E-state index in [4.69, 9.17) is 27.7 Å². The Balaban J connectivity index is 1.90.